The minimum Gasteiger partial charge on any atom is -0.338 e. The van der Waals surface area contributed by atoms with Gasteiger partial charge in [0.15, 0.2) is 0 Å². The Balaban J connectivity index is 2.40. The second-order valence-corrected chi connectivity index (χ2v) is 5.68. The third kappa shape index (κ3) is 3.82. The quantitative estimate of drug-likeness (QED) is 0.775. The highest BCUT2D eigenvalue weighted by atomic mass is 16.2. The zero-order chi connectivity index (χ0) is 11.5. The molecule has 0 aromatic carbocycles. The van der Waals surface area contributed by atoms with E-state index in [1.807, 2.05) is 4.90 Å². The lowest BCUT2D eigenvalue weighted by molar-refractivity contribution is -0.132. The Labute approximate surface area is 93.0 Å². The van der Waals surface area contributed by atoms with Crippen molar-refractivity contribution in [2.45, 2.75) is 52.5 Å². The third-order valence-electron chi connectivity index (χ3n) is 3.06. The van der Waals surface area contributed by atoms with E-state index in [2.05, 4.69) is 20.8 Å². The first-order valence-electron chi connectivity index (χ1n) is 5.93. The highest BCUT2D eigenvalue weighted by Gasteiger charge is 2.27. The van der Waals surface area contributed by atoms with Gasteiger partial charge in [-0.1, -0.05) is 20.8 Å². The lowest BCUT2D eigenvalue weighted by atomic mass is 9.90. The summed E-state index contributed by atoms with van der Waals surface area (Å²) < 4.78 is 0. The van der Waals surface area contributed by atoms with Crippen molar-refractivity contribution in [1.82, 2.24) is 4.90 Å². The van der Waals surface area contributed by atoms with E-state index in [-0.39, 0.29) is 11.3 Å². The summed E-state index contributed by atoms with van der Waals surface area (Å²) >= 11 is 0. The summed E-state index contributed by atoms with van der Waals surface area (Å²) in [6, 6.07) is 0.303. The lowest BCUT2D eigenvalue weighted by Crippen LogP contribution is -2.40. The smallest absolute Gasteiger partial charge is 0.222 e. The minimum atomic E-state index is 0.244. The average molecular weight is 212 g/mol. The van der Waals surface area contributed by atoms with Crippen LogP contribution in [0.25, 0.3) is 0 Å². The van der Waals surface area contributed by atoms with Crippen molar-refractivity contribution in [2.75, 3.05) is 13.1 Å². The summed E-state index contributed by atoms with van der Waals surface area (Å²) in [5.74, 6) is 0.290. The molecule has 0 bridgehead atoms. The lowest BCUT2D eigenvalue weighted by Gasteiger charge is -2.25. The summed E-state index contributed by atoms with van der Waals surface area (Å²) in [6.07, 6.45) is 3.82. The molecule has 0 aromatic rings. The number of amides is 1. The van der Waals surface area contributed by atoms with Crippen LogP contribution in [0.5, 0.6) is 0 Å². The van der Waals surface area contributed by atoms with Crippen LogP contribution in [-0.4, -0.2) is 29.9 Å². The van der Waals surface area contributed by atoms with Crippen molar-refractivity contribution in [3.8, 4) is 0 Å². The summed E-state index contributed by atoms with van der Waals surface area (Å²) in [4.78, 5) is 13.9. The zero-order valence-electron chi connectivity index (χ0n) is 10.3. The standard InChI is InChI=1S/C12H24N2O/c1-12(2,3)7-6-11(15)14-8-4-5-10(14)9-13/h10H,4-9,13H2,1-3H3. The predicted molar refractivity (Wildman–Crippen MR) is 62.5 cm³/mol. The first-order valence-corrected chi connectivity index (χ1v) is 5.93. The van der Waals surface area contributed by atoms with Crippen molar-refractivity contribution < 1.29 is 4.79 Å². The summed E-state index contributed by atoms with van der Waals surface area (Å²) in [5.41, 5.74) is 5.89. The molecule has 1 unspecified atom stereocenters. The van der Waals surface area contributed by atoms with E-state index < -0.39 is 0 Å². The molecule has 3 heteroatoms. The summed E-state index contributed by atoms with van der Waals surface area (Å²) in [7, 11) is 0. The Morgan fingerprint density at radius 1 is 1.47 bits per heavy atom. The SMILES string of the molecule is CC(C)(C)CCC(=O)N1CCCC1CN. The maximum absolute atomic E-state index is 11.9. The van der Waals surface area contributed by atoms with Crippen LogP contribution in [0.15, 0.2) is 0 Å². The molecule has 2 N–H and O–H groups in total. The van der Waals surface area contributed by atoms with Gasteiger partial charge in [0, 0.05) is 25.6 Å². The first-order chi connectivity index (χ1) is 6.94. The molecule has 1 atom stereocenters. The van der Waals surface area contributed by atoms with Crippen LogP contribution in [0.3, 0.4) is 0 Å². The van der Waals surface area contributed by atoms with Gasteiger partial charge in [-0.15, -0.1) is 0 Å². The largest absolute Gasteiger partial charge is 0.338 e. The number of nitrogens with two attached hydrogens (primary N) is 1. The molecule has 1 amide bonds. The predicted octanol–water partition coefficient (Wildman–Crippen LogP) is 1.76. The van der Waals surface area contributed by atoms with E-state index in [1.54, 1.807) is 0 Å². The Morgan fingerprint density at radius 2 is 2.13 bits per heavy atom. The van der Waals surface area contributed by atoms with Gasteiger partial charge in [-0.25, -0.2) is 0 Å². The number of rotatable bonds is 3. The second-order valence-electron chi connectivity index (χ2n) is 5.68. The van der Waals surface area contributed by atoms with E-state index >= 15 is 0 Å². The van der Waals surface area contributed by atoms with Crippen molar-refractivity contribution in [3.05, 3.63) is 0 Å². The molecule has 1 aliphatic heterocycles. The van der Waals surface area contributed by atoms with Crippen LogP contribution in [0.2, 0.25) is 0 Å². The van der Waals surface area contributed by atoms with Crippen molar-refractivity contribution in [1.29, 1.82) is 0 Å². The van der Waals surface area contributed by atoms with Crippen LogP contribution < -0.4 is 5.73 Å². The van der Waals surface area contributed by atoms with Crippen LogP contribution >= 0.6 is 0 Å². The number of carbonyl (C=O) groups excluding carboxylic acids is 1. The molecule has 1 aliphatic rings. The summed E-state index contributed by atoms with van der Waals surface area (Å²) in [6.45, 7) is 8.03. The Bertz CT molecular complexity index is 220. The van der Waals surface area contributed by atoms with Gasteiger partial charge >= 0.3 is 0 Å². The van der Waals surface area contributed by atoms with Gasteiger partial charge < -0.3 is 10.6 Å². The topological polar surface area (TPSA) is 46.3 Å². The number of carbonyl (C=O) groups is 1. The molecule has 0 saturated carbocycles. The number of hydrogen-bond acceptors (Lipinski definition) is 2. The van der Waals surface area contributed by atoms with Gasteiger partial charge in [-0.05, 0) is 24.7 Å². The molecule has 1 saturated heterocycles. The first kappa shape index (κ1) is 12.5. The van der Waals surface area contributed by atoms with Gasteiger partial charge in [-0.3, -0.25) is 4.79 Å². The van der Waals surface area contributed by atoms with Crippen molar-refractivity contribution in [2.24, 2.45) is 11.1 Å². The van der Waals surface area contributed by atoms with Crippen LogP contribution in [0, 0.1) is 5.41 Å². The van der Waals surface area contributed by atoms with Gasteiger partial charge in [-0.2, -0.15) is 0 Å². The maximum atomic E-state index is 11.9. The average Bonchev–Trinajstić information content (AvgIpc) is 2.60. The molecule has 88 valence electrons. The molecule has 0 spiro atoms. The number of nitrogens with zero attached hydrogens (tertiary/aromatic N) is 1. The van der Waals surface area contributed by atoms with E-state index in [0.29, 0.717) is 19.0 Å². The highest BCUT2D eigenvalue weighted by Crippen LogP contribution is 2.23. The zero-order valence-corrected chi connectivity index (χ0v) is 10.3. The number of hydrogen-bond donors (Lipinski definition) is 1. The van der Waals surface area contributed by atoms with Crippen LogP contribution in [-0.2, 0) is 4.79 Å². The number of likely N-dealkylation sites (tertiary alicyclic amines) is 1. The minimum absolute atomic E-state index is 0.244. The molecule has 1 heterocycles. The van der Waals surface area contributed by atoms with E-state index in [1.165, 1.54) is 0 Å². The van der Waals surface area contributed by atoms with Crippen LogP contribution in [0.1, 0.15) is 46.5 Å². The fourth-order valence-corrected chi connectivity index (χ4v) is 2.03. The molecular weight excluding hydrogens is 188 g/mol. The Kier molecular flexibility index (Phi) is 4.14. The van der Waals surface area contributed by atoms with E-state index in [0.717, 1.165) is 25.8 Å². The summed E-state index contributed by atoms with van der Waals surface area (Å²) in [5, 5.41) is 0. The fourth-order valence-electron chi connectivity index (χ4n) is 2.03. The second kappa shape index (κ2) is 4.97. The van der Waals surface area contributed by atoms with Crippen LogP contribution in [0.4, 0.5) is 0 Å². The molecule has 1 fully saturated rings. The molecule has 3 nitrogen and oxygen atoms in total. The van der Waals surface area contributed by atoms with Gasteiger partial charge in [0.25, 0.3) is 0 Å². The Hall–Kier alpha value is -0.570. The van der Waals surface area contributed by atoms with Crippen molar-refractivity contribution in [3.63, 3.8) is 0 Å². The molecule has 0 aromatic heterocycles. The van der Waals surface area contributed by atoms with E-state index in [4.69, 9.17) is 5.73 Å². The molecule has 15 heavy (non-hydrogen) atoms. The highest BCUT2D eigenvalue weighted by molar-refractivity contribution is 5.76. The monoisotopic (exact) mass is 212 g/mol. The molecule has 0 radical (unpaired) electrons. The van der Waals surface area contributed by atoms with Crippen molar-refractivity contribution >= 4 is 5.91 Å². The Morgan fingerprint density at radius 3 is 2.67 bits per heavy atom. The molecule has 0 aliphatic carbocycles. The molecular formula is C12H24N2O. The van der Waals surface area contributed by atoms with Gasteiger partial charge in [0.2, 0.25) is 5.91 Å². The van der Waals surface area contributed by atoms with Gasteiger partial charge in [0.05, 0.1) is 0 Å². The third-order valence-corrected chi connectivity index (χ3v) is 3.06. The molecule has 1 rings (SSSR count). The van der Waals surface area contributed by atoms with E-state index in [9.17, 15) is 4.79 Å². The maximum Gasteiger partial charge on any atom is 0.222 e. The normalized spacial score (nSPS) is 22.1. The van der Waals surface area contributed by atoms with Gasteiger partial charge in [0.1, 0.15) is 0 Å². The fraction of sp³-hybridized carbons (Fsp3) is 0.917.